The third kappa shape index (κ3) is 6.15. The average molecular weight is 380 g/mol. The van der Waals surface area contributed by atoms with Gasteiger partial charge in [-0.1, -0.05) is 29.3 Å². The van der Waals surface area contributed by atoms with E-state index in [2.05, 4.69) is 5.32 Å². The summed E-state index contributed by atoms with van der Waals surface area (Å²) in [6, 6.07) is 5.72. The Morgan fingerprint density at radius 2 is 2.09 bits per heavy atom. The number of amides is 1. The second kappa shape index (κ2) is 9.73. The Hall–Kier alpha value is -0.480. The molecule has 0 bridgehead atoms. The molecule has 0 aromatic heterocycles. The molecule has 0 radical (unpaired) electrons. The predicted octanol–water partition coefficient (Wildman–Crippen LogP) is 4.54. The highest BCUT2D eigenvalue weighted by atomic mass is 35.5. The highest BCUT2D eigenvalue weighted by Gasteiger charge is 2.21. The lowest BCUT2D eigenvalue weighted by Gasteiger charge is -2.27. The van der Waals surface area contributed by atoms with Crippen LogP contribution >= 0.6 is 35.6 Å². The van der Waals surface area contributed by atoms with E-state index in [1.54, 1.807) is 6.07 Å². The summed E-state index contributed by atoms with van der Waals surface area (Å²) >= 11 is 12.0. The van der Waals surface area contributed by atoms with Gasteiger partial charge in [-0.05, 0) is 63.4 Å². The predicted molar refractivity (Wildman–Crippen MR) is 99.6 cm³/mol. The summed E-state index contributed by atoms with van der Waals surface area (Å²) in [5.41, 5.74) is 1.01. The fourth-order valence-electron chi connectivity index (χ4n) is 2.83. The standard InChI is InChI=1S/C17H24Cl2N2O.ClH/c1-12(2)21(11-14-3-5-15(18)16(19)9-14)17(22)6-4-13-7-8-20-10-13;/h3,5,9,12-13,20H,4,6-8,10-11H2,1-2H3;1H. The van der Waals surface area contributed by atoms with E-state index in [-0.39, 0.29) is 24.4 Å². The zero-order chi connectivity index (χ0) is 16.1. The lowest BCUT2D eigenvalue weighted by molar-refractivity contribution is -0.133. The van der Waals surface area contributed by atoms with Gasteiger partial charge in [0.1, 0.15) is 0 Å². The van der Waals surface area contributed by atoms with Crippen LogP contribution in [0.25, 0.3) is 0 Å². The summed E-state index contributed by atoms with van der Waals surface area (Å²) in [6.07, 6.45) is 2.77. The number of rotatable bonds is 6. The monoisotopic (exact) mass is 378 g/mol. The molecule has 1 aliphatic heterocycles. The maximum absolute atomic E-state index is 12.5. The minimum Gasteiger partial charge on any atom is -0.336 e. The molecule has 1 aliphatic rings. The van der Waals surface area contributed by atoms with Crippen LogP contribution in [0.4, 0.5) is 0 Å². The first-order chi connectivity index (χ1) is 10.5. The minimum absolute atomic E-state index is 0. The zero-order valence-electron chi connectivity index (χ0n) is 13.6. The van der Waals surface area contributed by atoms with E-state index >= 15 is 0 Å². The number of nitrogens with one attached hydrogen (secondary N) is 1. The van der Waals surface area contributed by atoms with E-state index < -0.39 is 0 Å². The van der Waals surface area contributed by atoms with Crippen LogP contribution < -0.4 is 5.32 Å². The molecule has 1 fully saturated rings. The summed E-state index contributed by atoms with van der Waals surface area (Å²) in [5, 5.41) is 4.43. The van der Waals surface area contributed by atoms with Crippen LogP contribution in [0.5, 0.6) is 0 Å². The largest absolute Gasteiger partial charge is 0.336 e. The number of carbonyl (C=O) groups excluding carboxylic acids is 1. The minimum atomic E-state index is 0. The summed E-state index contributed by atoms with van der Waals surface area (Å²) in [6.45, 7) is 6.80. The Bertz CT molecular complexity index is 517. The van der Waals surface area contributed by atoms with Gasteiger partial charge in [0.2, 0.25) is 5.91 Å². The van der Waals surface area contributed by atoms with E-state index in [1.807, 2.05) is 30.9 Å². The Kier molecular flexibility index (Phi) is 8.70. The first-order valence-electron chi connectivity index (χ1n) is 7.91. The van der Waals surface area contributed by atoms with Gasteiger partial charge in [0.05, 0.1) is 10.0 Å². The van der Waals surface area contributed by atoms with Gasteiger partial charge >= 0.3 is 0 Å². The molecule has 2 rings (SSSR count). The van der Waals surface area contributed by atoms with E-state index in [0.29, 0.717) is 28.9 Å². The summed E-state index contributed by atoms with van der Waals surface area (Å²) in [4.78, 5) is 14.5. The van der Waals surface area contributed by atoms with Crippen LogP contribution in [0, 0.1) is 5.92 Å². The number of hydrogen-bond donors (Lipinski definition) is 1. The Morgan fingerprint density at radius 3 is 2.65 bits per heavy atom. The van der Waals surface area contributed by atoms with Gasteiger partial charge in [-0.3, -0.25) is 4.79 Å². The van der Waals surface area contributed by atoms with Crippen LogP contribution in [0.15, 0.2) is 18.2 Å². The molecule has 1 aromatic carbocycles. The average Bonchev–Trinajstić information content (AvgIpc) is 2.99. The molecule has 0 spiro atoms. The van der Waals surface area contributed by atoms with Gasteiger partial charge in [0.15, 0.2) is 0 Å². The van der Waals surface area contributed by atoms with E-state index in [1.165, 1.54) is 6.42 Å². The van der Waals surface area contributed by atoms with Crippen LogP contribution in [-0.2, 0) is 11.3 Å². The molecule has 1 unspecified atom stereocenters. The van der Waals surface area contributed by atoms with Gasteiger partial charge in [-0.2, -0.15) is 0 Å². The van der Waals surface area contributed by atoms with Gasteiger partial charge < -0.3 is 10.2 Å². The molecular formula is C17H25Cl3N2O. The SMILES string of the molecule is CC(C)N(Cc1ccc(Cl)c(Cl)c1)C(=O)CCC1CCNC1.Cl. The van der Waals surface area contributed by atoms with Crippen molar-refractivity contribution < 1.29 is 4.79 Å². The zero-order valence-corrected chi connectivity index (χ0v) is 16.0. The molecule has 1 amide bonds. The molecular weight excluding hydrogens is 355 g/mol. The van der Waals surface area contributed by atoms with Gasteiger partial charge in [0.25, 0.3) is 0 Å². The quantitative estimate of drug-likeness (QED) is 0.787. The first-order valence-corrected chi connectivity index (χ1v) is 8.67. The third-order valence-electron chi connectivity index (χ3n) is 4.21. The summed E-state index contributed by atoms with van der Waals surface area (Å²) in [5.74, 6) is 0.857. The van der Waals surface area contributed by atoms with Gasteiger partial charge in [-0.25, -0.2) is 0 Å². The van der Waals surface area contributed by atoms with Crippen molar-refractivity contribution in [1.82, 2.24) is 10.2 Å². The highest BCUT2D eigenvalue weighted by Crippen LogP contribution is 2.24. The normalized spacial score (nSPS) is 17.2. The molecule has 1 aromatic rings. The summed E-state index contributed by atoms with van der Waals surface area (Å²) in [7, 11) is 0. The Labute approximate surface area is 155 Å². The smallest absolute Gasteiger partial charge is 0.223 e. The van der Waals surface area contributed by atoms with Gasteiger partial charge in [-0.15, -0.1) is 12.4 Å². The maximum Gasteiger partial charge on any atom is 0.223 e. The fraction of sp³-hybridized carbons (Fsp3) is 0.588. The van der Waals surface area contributed by atoms with Crippen molar-refractivity contribution in [2.24, 2.45) is 5.92 Å². The van der Waals surface area contributed by atoms with Crippen molar-refractivity contribution in [2.75, 3.05) is 13.1 Å². The second-order valence-corrected chi connectivity index (χ2v) is 7.08. The molecule has 130 valence electrons. The van der Waals surface area contributed by atoms with Crippen LogP contribution in [0.2, 0.25) is 10.0 Å². The highest BCUT2D eigenvalue weighted by molar-refractivity contribution is 6.42. The number of halogens is 3. The van der Waals surface area contributed by atoms with E-state index in [4.69, 9.17) is 23.2 Å². The van der Waals surface area contributed by atoms with Gasteiger partial charge in [0, 0.05) is 19.0 Å². The fourth-order valence-corrected chi connectivity index (χ4v) is 3.15. The second-order valence-electron chi connectivity index (χ2n) is 6.26. The van der Waals surface area contributed by atoms with E-state index in [9.17, 15) is 4.79 Å². The van der Waals surface area contributed by atoms with Crippen molar-refractivity contribution in [1.29, 1.82) is 0 Å². The molecule has 6 heteroatoms. The molecule has 1 atom stereocenters. The maximum atomic E-state index is 12.5. The molecule has 1 heterocycles. The van der Waals surface area contributed by atoms with Crippen LogP contribution in [0.1, 0.15) is 38.7 Å². The molecule has 3 nitrogen and oxygen atoms in total. The van der Waals surface area contributed by atoms with Crippen LogP contribution in [0.3, 0.4) is 0 Å². The molecule has 1 N–H and O–H groups in total. The number of hydrogen-bond acceptors (Lipinski definition) is 2. The summed E-state index contributed by atoms with van der Waals surface area (Å²) < 4.78 is 0. The lowest BCUT2D eigenvalue weighted by Crippen LogP contribution is -2.36. The molecule has 0 aliphatic carbocycles. The van der Waals surface area contributed by atoms with Crippen molar-refractivity contribution in [3.8, 4) is 0 Å². The lowest BCUT2D eigenvalue weighted by atomic mass is 10.0. The van der Waals surface area contributed by atoms with Crippen molar-refractivity contribution >= 4 is 41.5 Å². The van der Waals surface area contributed by atoms with Crippen molar-refractivity contribution in [3.05, 3.63) is 33.8 Å². The topological polar surface area (TPSA) is 32.3 Å². The molecule has 1 saturated heterocycles. The third-order valence-corrected chi connectivity index (χ3v) is 4.95. The number of carbonyl (C=O) groups is 1. The van der Waals surface area contributed by atoms with Crippen molar-refractivity contribution in [2.45, 2.75) is 45.7 Å². The Balaban J connectivity index is 0.00000264. The number of benzene rings is 1. The van der Waals surface area contributed by atoms with Crippen molar-refractivity contribution in [3.63, 3.8) is 0 Å². The Morgan fingerprint density at radius 1 is 1.35 bits per heavy atom. The first kappa shape index (κ1) is 20.6. The molecule has 23 heavy (non-hydrogen) atoms. The van der Waals surface area contributed by atoms with Crippen LogP contribution in [-0.4, -0.2) is 29.9 Å². The molecule has 0 saturated carbocycles. The number of nitrogens with zero attached hydrogens (tertiary/aromatic N) is 1. The van der Waals surface area contributed by atoms with E-state index in [0.717, 1.165) is 25.1 Å².